The average Bonchev–Trinajstić information content (AvgIpc) is 2.58. The molecule has 2 N–H and O–H groups in total. The maximum atomic E-state index is 11.7. The van der Waals surface area contributed by atoms with Crippen molar-refractivity contribution in [3.05, 3.63) is 48.2 Å². The van der Waals surface area contributed by atoms with Crippen LogP contribution in [0.2, 0.25) is 0 Å². The number of anilines is 1. The minimum Gasteiger partial charge on any atom is -0.466 e. The zero-order valence-corrected chi connectivity index (χ0v) is 14.2. The van der Waals surface area contributed by atoms with Gasteiger partial charge in [0.2, 0.25) is 0 Å². The minimum atomic E-state index is -4.37. The Morgan fingerprint density at radius 3 is 2.44 bits per heavy atom. The van der Waals surface area contributed by atoms with Gasteiger partial charge in [0.1, 0.15) is 10.6 Å². The molecule has 0 bridgehead atoms. The summed E-state index contributed by atoms with van der Waals surface area (Å²) in [6.07, 6.45) is 0.935. The highest BCUT2D eigenvalue weighted by Gasteiger charge is 2.15. The van der Waals surface area contributed by atoms with Crippen molar-refractivity contribution in [1.82, 2.24) is 0 Å². The second kappa shape index (κ2) is 7.32. The molecule has 0 fully saturated rings. The molecule has 0 amide bonds. The molecular formula is C16H15NO7S. The van der Waals surface area contributed by atoms with Crippen molar-refractivity contribution < 1.29 is 32.0 Å². The van der Waals surface area contributed by atoms with E-state index in [0.29, 0.717) is 16.5 Å². The number of benzene rings is 2. The second-order valence-corrected chi connectivity index (χ2v) is 6.25. The summed E-state index contributed by atoms with van der Waals surface area (Å²) >= 11 is 0. The summed E-state index contributed by atoms with van der Waals surface area (Å²) in [6, 6.07) is 8.90. The molecule has 25 heavy (non-hydrogen) atoms. The van der Waals surface area contributed by atoms with Gasteiger partial charge in [-0.25, -0.2) is 9.59 Å². The van der Waals surface area contributed by atoms with E-state index in [-0.39, 0.29) is 10.6 Å². The van der Waals surface area contributed by atoms with Crippen LogP contribution in [-0.4, -0.2) is 39.1 Å². The van der Waals surface area contributed by atoms with Gasteiger partial charge in [0.05, 0.1) is 20.3 Å². The minimum absolute atomic E-state index is 0.153. The van der Waals surface area contributed by atoms with E-state index in [4.69, 9.17) is 0 Å². The number of nitrogens with one attached hydrogen (secondary N) is 1. The molecule has 0 aliphatic heterocycles. The Kier molecular flexibility index (Phi) is 5.40. The van der Waals surface area contributed by atoms with Crippen LogP contribution in [0.4, 0.5) is 5.69 Å². The highest BCUT2D eigenvalue weighted by atomic mass is 32.2. The molecule has 132 valence electrons. The van der Waals surface area contributed by atoms with Crippen molar-refractivity contribution >= 4 is 38.5 Å². The fraction of sp³-hybridized carbons (Fsp3) is 0.125. The van der Waals surface area contributed by atoms with E-state index in [1.807, 2.05) is 0 Å². The first-order chi connectivity index (χ1) is 11.8. The number of esters is 2. The van der Waals surface area contributed by atoms with Crippen molar-refractivity contribution in [1.29, 1.82) is 0 Å². The van der Waals surface area contributed by atoms with Crippen LogP contribution >= 0.6 is 0 Å². The number of rotatable bonds is 5. The quantitative estimate of drug-likeness (QED) is 0.467. The van der Waals surface area contributed by atoms with Gasteiger partial charge in [-0.1, -0.05) is 18.2 Å². The molecule has 0 aromatic heterocycles. The van der Waals surface area contributed by atoms with E-state index in [0.717, 1.165) is 13.2 Å². The first-order valence-corrected chi connectivity index (χ1v) is 8.35. The molecule has 8 nitrogen and oxygen atoms in total. The Labute approximate surface area is 143 Å². The third kappa shape index (κ3) is 4.34. The van der Waals surface area contributed by atoms with Crippen molar-refractivity contribution in [2.45, 2.75) is 4.90 Å². The summed E-state index contributed by atoms with van der Waals surface area (Å²) < 4.78 is 41.2. The van der Waals surface area contributed by atoms with Crippen LogP contribution < -0.4 is 5.32 Å². The van der Waals surface area contributed by atoms with Gasteiger partial charge >= 0.3 is 11.9 Å². The van der Waals surface area contributed by atoms with Crippen molar-refractivity contribution in [3.63, 3.8) is 0 Å². The largest absolute Gasteiger partial charge is 0.466 e. The number of methoxy groups -OCH3 is 2. The third-order valence-electron chi connectivity index (χ3n) is 3.27. The second-order valence-electron chi connectivity index (χ2n) is 4.86. The highest BCUT2D eigenvalue weighted by molar-refractivity contribution is 7.86. The van der Waals surface area contributed by atoms with Crippen LogP contribution in [0.5, 0.6) is 0 Å². The maximum Gasteiger partial charge on any atom is 0.354 e. The predicted octanol–water partition coefficient (Wildman–Crippen LogP) is 1.73. The monoisotopic (exact) mass is 365 g/mol. The molecule has 0 atom stereocenters. The van der Waals surface area contributed by atoms with Gasteiger partial charge in [0.25, 0.3) is 10.1 Å². The van der Waals surface area contributed by atoms with Gasteiger partial charge in [-0.2, -0.15) is 8.42 Å². The number of fused-ring (bicyclic) bond motifs is 1. The van der Waals surface area contributed by atoms with E-state index in [1.54, 1.807) is 12.1 Å². The van der Waals surface area contributed by atoms with Crippen LogP contribution in [0.3, 0.4) is 0 Å². The molecule has 2 rings (SSSR count). The molecule has 0 aliphatic rings. The molecular weight excluding hydrogens is 350 g/mol. The highest BCUT2D eigenvalue weighted by Crippen LogP contribution is 2.26. The van der Waals surface area contributed by atoms with Crippen molar-refractivity contribution in [2.75, 3.05) is 19.5 Å². The predicted molar refractivity (Wildman–Crippen MR) is 89.5 cm³/mol. The Bertz CT molecular complexity index is 964. The standard InChI is InChI=1S/C16H15NO7S/c1-23-15(18)9-13(16(19)24-2)17-11-6-7-12-10(8-11)4-3-5-14(12)25(20,21)22/h3-9,17H,1-2H3,(H,20,21,22)/b13-9+. The van der Waals surface area contributed by atoms with E-state index >= 15 is 0 Å². The molecule has 0 unspecified atom stereocenters. The first-order valence-electron chi connectivity index (χ1n) is 6.91. The molecule has 0 aliphatic carbocycles. The fourth-order valence-electron chi connectivity index (χ4n) is 2.14. The lowest BCUT2D eigenvalue weighted by Gasteiger charge is -2.11. The van der Waals surface area contributed by atoms with Gasteiger partial charge in [-0.3, -0.25) is 4.55 Å². The third-order valence-corrected chi connectivity index (χ3v) is 4.18. The Morgan fingerprint density at radius 2 is 1.84 bits per heavy atom. The Hall–Kier alpha value is -2.91. The summed E-state index contributed by atoms with van der Waals surface area (Å²) in [4.78, 5) is 22.9. The lowest BCUT2D eigenvalue weighted by Crippen LogP contribution is -2.15. The molecule has 0 saturated heterocycles. The lowest BCUT2D eigenvalue weighted by atomic mass is 10.1. The number of carbonyl (C=O) groups excluding carboxylic acids is 2. The van der Waals surface area contributed by atoms with Gasteiger partial charge < -0.3 is 14.8 Å². The topological polar surface area (TPSA) is 119 Å². The Balaban J connectivity index is 2.46. The lowest BCUT2D eigenvalue weighted by molar-refractivity contribution is -0.138. The SMILES string of the molecule is COC(=O)/C=C(/Nc1ccc2c(S(=O)(=O)O)cccc2c1)C(=O)OC. The summed E-state index contributed by atoms with van der Waals surface area (Å²) in [7, 11) is -2.04. The molecule has 0 heterocycles. The number of ether oxygens (including phenoxy) is 2. The fourth-order valence-corrected chi connectivity index (χ4v) is 2.86. The van der Waals surface area contributed by atoms with Crippen molar-refractivity contribution in [3.8, 4) is 0 Å². The molecule has 0 saturated carbocycles. The Morgan fingerprint density at radius 1 is 1.12 bits per heavy atom. The van der Waals surface area contributed by atoms with Crippen LogP contribution in [0.1, 0.15) is 0 Å². The number of hydrogen-bond donors (Lipinski definition) is 2. The summed E-state index contributed by atoms with van der Waals surface area (Å²) in [5.74, 6) is -1.53. The summed E-state index contributed by atoms with van der Waals surface area (Å²) in [6.45, 7) is 0. The molecule has 0 spiro atoms. The molecule has 2 aromatic carbocycles. The van der Waals surface area contributed by atoms with Gasteiger partial charge in [-0.05, 0) is 23.6 Å². The maximum absolute atomic E-state index is 11.7. The van der Waals surface area contributed by atoms with E-state index in [9.17, 15) is 22.6 Å². The summed E-state index contributed by atoms with van der Waals surface area (Å²) in [5, 5.41) is 3.53. The van der Waals surface area contributed by atoms with E-state index in [2.05, 4.69) is 14.8 Å². The van der Waals surface area contributed by atoms with Gasteiger partial charge in [0.15, 0.2) is 0 Å². The first kappa shape index (κ1) is 18.4. The van der Waals surface area contributed by atoms with Gasteiger partial charge in [-0.15, -0.1) is 0 Å². The molecule has 2 aromatic rings. The smallest absolute Gasteiger partial charge is 0.354 e. The summed E-state index contributed by atoms with van der Waals surface area (Å²) in [5.41, 5.74) is 0.250. The number of carbonyl (C=O) groups is 2. The number of hydrogen-bond acceptors (Lipinski definition) is 7. The van der Waals surface area contributed by atoms with E-state index < -0.39 is 22.1 Å². The average molecular weight is 365 g/mol. The molecule has 0 radical (unpaired) electrons. The van der Waals surface area contributed by atoms with Crippen LogP contribution in [0.25, 0.3) is 10.8 Å². The van der Waals surface area contributed by atoms with Crippen LogP contribution in [0.15, 0.2) is 53.1 Å². The zero-order valence-electron chi connectivity index (χ0n) is 13.3. The van der Waals surface area contributed by atoms with Crippen LogP contribution in [0, 0.1) is 0 Å². The van der Waals surface area contributed by atoms with E-state index in [1.165, 1.54) is 31.4 Å². The molecule has 9 heteroatoms. The van der Waals surface area contributed by atoms with Crippen molar-refractivity contribution in [2.24, 2.45) is 0 Å². The van der Waals surface area contributed by atoms with Crippen LogP contribution in [-0.2, 0) is 29.2 Å². The zero-order chi connectivity index (χ0) is 18.6. The normalized spacial score (nSPS) is 11.9. The van der Waals surface area contributed by atoms with Gasteiger partial charge in [0, 0.05) is 11.1 Å².